The van der Waals surface area contributed by atoms with Crippen LogP contribution < -0.4 is 10.7 Å². The van der Waals surface area contributed by atoms with E-state index in [0.29, 0.717) is 0 Å². The summed E-state index contributed by atoms with van der Waals surface area (Å²) < 4.78 is 1.08. The monoisotopic (exact) mass is 399 g/mol. The molecule has 0 aromatic heterocycles. The number of benzene rings is 1. The number of carbonyl (C=O) groups excluding carboxylic acids is 2. The van der Waals surface area contributed by atoms with Gasteiger partial charge in [0.2, 0.25) is 0 Å². The van der Waals surface area contributed by atoms with Crippen molar-refractivity contribution in [3.05, 3.63) is 33.4 Å². The van der Waals surface area contributed by atoms with Crippen LogP contribution in [-0.4, -0.2) is 24.1 Å². The van der Waals surface area contributed by atoms with E-state index in [9.17, 15) is 9.59 Å². The van der Waals surface area contributed by atoms with Crippen molar-refractivity contribution in [2.45, 2.75) is 38.1 Å². The Morgan fingerprint density at radius 3 is 2.67 bits per heavy atom. The zero-order valence-electron chi connectivity index (χ0n) is 11.6. The zero-order valence-corrected chi connectivity index (χ0v) is 13.8. The molecule has 1 aromatic rings. The van der Waals surface area contributed by atoms with Gasteiger partial charge in [0.1, 0.15) is 0 Å². The molecular formula is C15H18IN3O2. The second-order valence-corrected chi connectivity index (χ2v) is 6.31. The first-order valence-electron chi connectivity index (χ1n) is 7.04. The van der Waals surface area contributed by atoms with E-state index in [4.69, 9.17) is 0 Å². The Morgan fingerprint density at radius 2 is 1.95 bits per heavy atom. The summed E-state index contributed by atoms with van der Waals surface area (Å²) in [6.07, 6.45) is 6.84. The SMILES string of the molecule is O=C(N/N=C\c1cccc(I)c1)C(=O)NC1CCCCC1. The van der Waals surface area contributed by atoms with E-state index in [2.05, 4.69) is 38.4 Å². The minimum atomic E-state index is -0.720. The summed E-state index contributed by atoms with van der Waals surface area (Å²) in [5.41, 5.74) is 3.13. The smallest absolute Gasteiger partial charge is 0.329 e. The van der Waals surface area contributed by atoms with Gasteiger partial charge in [-0.3, -0.25) is 9.59 Å². The van der Waals surface area contributed by atoms with Crippen molar-refractivity contribution >= 4 is 40.6 Å². The molecule has 0 heterocycles. The lowest BCUT2D eigenvalue weighted by Crippen LogP contribution is -2.44. The van der Waals surface area contributed by atoms with Gasteiger partial charge in [-0.15, -0.1) is 0 Å². The number of hydrazone groups is 1. The molecule has 0 unspecified atom stereocenters. The van der Waals surface area contributed by atoms with Crippen LogP contribution in [0.25, 0.3) is 0 Å². The average Bonchev–Trinajstić information content (AvgIpc) is 2.48. The van der Waals surface area contributed by atoms with Crippen LogP contribution in [0.15, 0.2) is 29.4 Å². The first-order valence-corrected chi connectivity index (χ1v) is 8.12. The summed E-state index contributed by atoms with van der Waals surface area (Å²) in [5, 5.41) is 6.56. The van der Waals surface area contributed by atoms with Gasteiger partial charge < -0.3 is 5.32 Å². The van der Waals surface area contributed by atoms with Gasteiger partial charge in [0, 0.05) is 9.61 Å². The molecule has 0 atom stereocenters. The third-order valence-corrected chi connectivity index (χ3v) is 4.05. The molecular weight excluding hydrogens is 381 g/mol. The summed E-state index contributed by atoms with van der Waals surface area (Å²) in [5.74, 6) is -1.33. The van der Waals surface area contributed by atoms with Crippen LogP contribution in [0.4, 0.5) is 0 Å². The summed E-state index contributed by atoms with van der Waals surface area (Å²) in [4.78, 5) is 23.3. The summed E-state index contributed by atoms with van der Waals surface area (Å²) in [7, 11) is 0. The molecule has 0 bridgehead atoms. The van der Waals surface area contributed by atoms with Gasteiger partial charge in [-0.1, -0.05) is 31.4 Å². The summed E-state index contributed by atoms with van der Waals surface area (Å²) in [6, 6.07) is 7.80. The molecule has 1 aromatic carbocycles. The summed E-state index contributed by atoms with van der Waals surface area (Å²) >= 11 is 2.20. The van der Waals surface area contributed by atoms with Gasteiger partial charge in [0.05, 0.1) is 6.21 Å². The number of rotatable bonds is 3. The van der Waals surface area contributed by atoms with Crippen LogP contribution in [0.2, 0.25) is 0 Å². The van der Waals surface area contributed by atoms with Crippen molar-refractivity contribution in [1.29, 1.82) is 0 Å². The lowest BCUT2D eigenvalue weighted by Gasteiger charge is -2.22. The second kappa shape index (κ2) is 8.11. The van der Waals surface area contributed by atoms with Crippen molar-refractivity contribution in [2.75, 3.05) is 0 Å². The van der Waals surface area contributed by atoms with Crippen molar-refractivity contribution in [2.24, 2.45) is 5.10 Å². The quantitative estimate of drug-likeness (QED) is 0.354. The lowest BCUT2D eigenvalue weighted by atomic mass is 9.95. The molecule has 2 amide bonds. The number of nitrogens with one attached hydrogen (secondary N) is 2. The highest BCUT2D eigenvalue weighted by molar-refractivity contribution is 14.1. The molecule has 0 saturated heterocycles. The van der Waals surface area contributed by atoms with Crippen molar-refractivity contribution in [1.82, 2.24) is 10.7 Å². The number of halogens is 1. The normalized spacial score (nSPS) is 15.9. The second-order valence-electron chi connectivity index (χ2n) is 5.06. The van der Waals surface area contributed by atoms with Gasteiger partial charge in [-0.05, 0) is 53.1 Å². The molecule has 1 aliphatic rings. The Labute approximate surface area is 137 Å². The maximum absolute atomic E-state index is 11.7. The van der Waals surface area contributed by atoms with Crippen molar-refractivity contribution in [3.8, 4) is 0 Å². The minimum Gasteiger partial charge on any atom is -0.345 e. The summed E-state index contributed by atoms with van der Waals surface area (Å²) in [6.45, 7) is 0. The fourth-order valence-corrected chi connectivity index (χ4v) is 2.87. The first kappa shape index (κ1) is 15.9. The standard InChI is InChI=1S/C15H18IN3O2/c16-12-6-4-5-11(9-12)10-17-19-15(21)14(20)18-13-7-2-1-3-8-13/h4-6,9-10,13H,1-3,7-8H2,(H,18,20)(H,19,21)/b17-10-. The first-order chi connectivity index (χ1) is 10.1. The number of hydrogen-bond acceptors (Lipinski definition) is 3. The van der Waals surface area contributed by atoms with E-state index >= 15 is 0 Å². The van der Waals surface area contributed by atoms with Gasteiger partial charge >= 0.3 is 11.8 Å². The molecule has 2 N–H and O–H groups in total. The molecule has 1 saturated carbocycles. The largest absolute Gasteiger partial charge is 0.345 e. The maximum atomic E-state index is 11.7. The number of amides is 2. The minimum absolute atomic E-state index is 0.122. The molecule has 5 nitrogen and oxygen atoms in total. The molecule has 0 spiro atoms. The molecule has 0 radical (unpaired) electrons. The fraction of sp³-hybridized carbons (Fsp3) is 0.400. The highest BCUT2D eigenvalue weighted by Crippen LogP contribution is 2.17. The van der Waals surface area contributed by atoms with Crippen LogP contribution in [-0.2, 0) is 9.59 Å². The topological polar surface area (TPSA) is 70.6 Å². The van der Waals surface area contributed by atoms with Gasteiger partial charge in [-0.2, -0.15) is 5.10 Å². The molecule has 1 fully saturated rings. The van der Waals surface area contributed by atoms with Crippen LogP contribution in [0, 0.1) is 3.57 Å². The Hall–Kier alpha value is -1.44. The van der Waals surface area contributed by atoms with E-state index in [-0.39, 0.29) is 6.04 Å². The Kier molecular flexibility index (Phi) is 6.16. The Balaban J connectivity index is 1.79. The predicted molar refractivity (Wildman–Crippen MR) is 89.9 cm³/mol. The number of hydrogen-bond donors (Lipinski definition) is 2. The molecule has 6 heteroatoms. The van der Waals surface area contributed by atoms with Crippen molar-refractivity contribution < 1.29 is 9.59 Å². The van der Waals surface area contributed by atoms with Crippen LogP contribution in [0.3, 0.4) is 0 Å². The zero-order chi connectivity index (χ0) is 15.1. The molecule has 1 aliphatic carbocycles. The molecule has 112 valence electrons. The van der Waals surface area contributed by atoms with Crippen LogP contribution in [0.5, 0.6) is 0 Å². The Bertz CT molecular complexity index is 539. The molecule has 0 aliphatic heterocycles. The van der Waals surface area contributed by atoms with Crippen LogP contribution >= 0.6 is 22.6 Å². The third kappa shape index (κ3) is 5.45. The van der Waals surface area contributed by atoms with E-state index < -0.39 is 11.8 Å². The van der Waals surface area contributed by atoms with Gasteiger partial charge in [0.25, 0.3) is 0 Å². The molecule has 2 rings (SSSR count). The van der Waals surface area contributed by atoms with E-state index in [1.54, 1.807) is 0 Å². The highest BCUT2D eigenvalue weighted by Gasteiger charge is 2.19. The predicted octanol–water partition coefficient (Wildman–Crippen LogP) is 2.19. The fourth-order valence-electron chi connectivity index (χ4n) is 2.30. The highest BCUT2D eigenvalue weighted by atomic mass is 127. The van der Waals surface area contributed by atoms with E-state index in [0.717, 1.165) is 34.8 Å². The Morgan fingerprint density at radius 1 is 1.19 bits per heavy atom. The van der Waals surface area contributed by atoms with Gasteiger partial charge in [0.15, 0.2) is 0 Å². The average molecular weight is 399 g/mol. The van der Waals surface area contributed by atoms with Crippen LogP contribution in [0.1, 0.15) is 37.7 Å². The maximum Gasteiger partial charge on any atom is 0.329 e. The lowest BCUT2D eigenvalue weighted by molar-refractivity contribution is -0.139. The van der Waals surface area contributed by atoms with E-state index in [1.807, 2.05) is 24.3 Å². The van der Waals surface area contributed by atoms with Gasteiger partial charge in [-0.25, -0.2) is 5.43 Å². The van der Waals surface area contributed by atoms with E-state index in [1.165, 1.54) is 12.6 Å². The van der Waals surface area contributed by atoms with Crippen molar-refractivity contribution in [3.63, 3.8) is 0 Å². The number of nitrogens with zero attached hydrogens (tertiary/aromatic N) is 1. The number of carbonyl (C=O) groups is 2. The third-order valence-electron chi connectivity index (χ3n) is 3.38. The molecule has 21 heavy (non-hydrogen) atoms.